The number of amides is 1. The van der Waals surface area contributed by atoms with Crippen LogP contribution in [0.4, 0.5) is 4.79 Å². The van der Waals surface area contributed by atoms with Gasteiger partial charge in [0.2, 0.25) is 5.88 Å². The molecule has 1 aliphatic carbocycles. The van der Waals surface area contributed by atoms with Crippen LogP contribution in [0, 0.1) is 11.8 Å². The highest BCUT2D eigenvalue weighted by Crippen LogP contribution is 2.36. The molecule has 1 amide bonds. The number of fused-ring (bicyclic) bond motifs is 4. The third kappa shape index (κ3) is 4.64. The second kappa shape index (κ2) is 8.86. The lowest BCUT2D eigenvalue weighted by Crippen LogP contribution is -2.52. The number of rotatable bonds is 6. The number of carbonyl (C=O) groups excluding carboxylic acids is 1. The normalized spacial score (nSPS) is 27.9. The van der Waals surface area contributed by atoms with E-state index in [1.54, 1.807) is 0 Å². The molecule has 4 fully saturated rings. The minimum absolute atomic E-state index is 0.0120. The van der Waals surface area contributed by atoms with Crippen LogP contribution >= 0.6 is 0 Å². The first-order chi connectivity index (χ1) is 16.2. The van der Waals surface area contributed by atoms with Crippen LogP contribution in [0.3, 0.4) is 0 Å². The summed E-state index contributed by atoms with van der Waals surface area (Å²) in [4.78, 5) is 19.5. The average Bonchev–Trinajstić information content (AvgIpc) is 3.68. The summed E-state index contributed by atoms with van der Waals surface area (Å²) in [5, 5.41) is 3.09. The van der Waals surface area contributed by atoms with Crippen molar-refractivity contribution in [3.8, 4) is 22.8 Å². The van der Waals surface area contributed by atoms with Crippen molar-refractivity contribution < 1.29 is 19.0 Å². The molecule has 2 aromatic rings. The molecule has 1 N–H and O–H groups in total. The molecule has 4 aliphatic heterocycles. The summed E-state index contributed by atoms with van der Waals surface area (Å²) in [6, 6.07) is 9.98. The number of benzene rings is 1. The molecule has 1 unspecified atom stereocenters. The zero-order chi connectivity index (χ0) is 22.2. The van der Waals surface area contributed by atoms with Crippen molar-refractivity contribution in [1.82, 2.24) is 15.2 Å². The molecule has 5 aliphatic rings. The van der Waals surface area contributed by atoms with E-state index in [0.29, 0.717) is 24.3 Å². The lowest BCUT2D eigenvalue weighted by Gasteiger charge is -2.44. The molecule has 2 atom stereocenters. The van der Waals surface area contributed by atoms with Gasteiger partial charge >= 0.3 is 6.09 Å². The molecule has 1 aromatic carbocycles. The summed E-state index contributed by atoms with van der Waals surface area (Å²) in [6.07, 6.45) is 7.05. The fourth-order valence-corrected chi connectivity index (χ4v) is 5.20. The lowest BCUT2D eigenvalue weighted by atomic mass is 9.86. The molecule has 174 valence electrons. The van der Waals surface area contributed by atoms with Crippen molar-refractivity contribution in [3.63, 3.8) is 0 Å². The number of alkyl carbamates (subject to hydrolysis) is 1. The summed E-state index contributed by atoms with van der Waals surface area (Å²) in [7, 11) is 0. The highest BCUT2D eigenvalue weighted by molar-refractivity contribution is 5.70. The van der Waals surface area contributed by atoms with Gasteiger partial charge < -0.3 is 19.5 Å². The first kappa shape index (κ1) is 20.8. The SMILES string of the molecule is O=C(NC1CCOc2cc(-c3ccc(OCC4CC4)nc3)ccc21)O[C@@H]1CN2CCC1CC2. The van der Waals surface area contributed by atoms with Crippen LogP contribution < -0.4 is 14.8 Å². The Kier molecular flexibility index (Phi) is 5.58. The van der Waals surface area contributed by atoms with Crippen LogP contribution in [-0.2, 0) is 4.74 Å². The third-order valence-corrected chi connectivity index (χ3v) is 7.43. The lowest BCUT2D eigenvalue weighted by molar-refractivity contribution is -0.0342. The molecule has 0 radical (unpaired) electrons. The van der Waals surface area contributed by atoms with Gasteiger partial charge in [0, 0.05) is 36.4 Å². The van der Waals surface area contributed by atoms with E-state index >= 15 is 0 Å². The van der Waals surface area contributed by atoms with E-state index in [9.17, 15) is 4.79 Å². The van der Waals surface area contributed by atoms with Gasteiger partial charge in [0.15, 0.2) is 0 Å². The van der Waals surface area contributed by atoms with Gasteiger partial charge in [-0.1, -0.05) is 12.1 Å². The molecule has 1 aromatic heterocycles. The molecular weight excluding hydrogens is 418 g/mol. The standard InChI is InChI=1S/C26H31N3O4/c30-26(33-24-15-29-10-7-18(24)8-11-29)28-22-9-12-31-23-13-19(3-5-21(22)23)20-4-6-25(27-14-20)32-16-17-1-2-17/h3-6,13-14,17-18,22,24H,1-2,7-12,15-16H2,(H,28,30)/t22?,24-/m1/s1. The van der Waals surface area contributed by atoms with E-state index in [4.69, 9.17) is 14.2 Å². The number of nitrogens with one attached hydrogen (secondary N) is 1. The number of hydrogen-bond acceptors (Lipinski definition) is 6. The number of ether oxygens (including phenoxy) is 3. The Hall–Kier alpha value is -2.80. The van der Waals surface area contributed by atoms with Crippen LogP contribution in [0.1, 0.15) is 43.7 Å². The summed E-state index contributed by atoms with van der Waals surface area (Å²) < 4.78 is 17.5. The maximum absolute atomic E-state index is 12.7. The van der Waals surface area contributed by atoms with Gasteiger partial charge in [-0.25, -0.2) is 9.78 Å². The topological polar surface area (TPSA) is 72.9 Å². The molecule has 2 bridgehead atoms. The van der Waals surface area contributed by atoms with Crippen molar-refractivity contribution in [2.24, 2.45) is 11.8 Å². The van der Waals surface area contributed by atoms with E-state index in [0.717, 1.165) is 67.9 Å². The highest BCUT2D eigenvalue weighted by atomic mass is 16.6. The van der Waals surface area contributed by atoms with E-state index in [1.807, 2.05) is 30.5 Å². The number of nitrogens with zero attached hydrogens (tertiary/aromatic N) is 2. The van der Waals surface area contributed by atoms with E-state index in [2.05, 4.69) is 21.3 Å². The third-order valence-electron chi connectivity index (χ3n) is 7.43. The molecule has 0 spiro atoms. The van der Waals surface area contributed by atoms with Crippen molar-refractivity contribution in [2.45, 2.75) is 44.2 Å². The number of carbonyl (C=O) groups is 1. The van der Waals surface area contributed by atoms with Crippen molar-refractivity contribution in [2.75, 3.05) is 32.8 Å². The maximum Gasteiger partial charge on any atom is 0.407 e. The molecule has 3 saturated heterocycles. The highest BCUT2D eigenvalue weighted by Gasteiger charge is 2.37. The van der Waals surface area contributed by atoms with Crippen LogP contribution in [0.5, 0.6) is 11.6 Å². The van der Waals surface area contributed by atoms with Crippen LogP contribution in [0.2, 0.25) is 0 Å². The van der Waals surface area contributed by atoms with Gasteiger partial charge in [-0.2, -0.15) is 0 Å². The van der Waals surface area contributed by atoms with E-state index in [1.165, 1.54) is 12.8 Å². The van der Waals surface area contributed by atoms with Gasteiger partial charge in [-0.3, -0.25) is 4.90 Å². The number of pyridine rings is 1. The Morgan fingerprint density at radius 1 is 1.09 bits per heavy atom. The van der Waals surface area contributed by atoms with Crippen LogP contribution in [0.25, 0.3) is 11.1 Å². The largest absolute Gasteiger partial charge is 0.493 e. The average molecular weight is 450 g/mol. The predicted octanol–water partition coefficient (Wildman–Crippen LogP) is 4.18. The molecule has 7 nitrogen and oxygen atoms in total. The summed E-state index contributed by atoms with van der Waals surface area (Å²) in [6.45, 7) is 4.45. The molecule has 7 rings (SSSR count). The Bertz CT molecular complexity index is 999. The van der Waals surface area contributed by atoms with Crippen molar-refractivity contribution in [1.29, 1.82) is 0 Å². The fraction of sp³-hybridized carbons (Fsp3) is 0.538. The molecule has 33 heavy (non-hydrogen) atoms. The molecule has 5 heterocycles. The summed E-state index contributed by atoms with van der Waals surface area (Å²) >= 11 is 0. The minimum Gasteiger partial charge on any atom is -0.493 e. The number of hydrogen-bond donors (Lipinski definition) is 1. The Labute approximate surface area is 194 Å². The predicted molar refractivity (Wildman–Crippen MR) is 123 cm³/mol. The Balaban J connectivity index is 1.10. The first-order valence-corrected chi connectivity index (χ1v) is 12.3. The Morgan fingerprint density at radius 3 is 2.67 bits per heavy atom. The van der Waals surface area contributed by atoms with Crippen LogP contribution in [0.15, 0.2) is 36.5 Å². The van der Waals surface area contributed by atoms with Crippen molar-refractivity contribution in [3.05, 3.63) is 42.1 Å². The molecule has 1 saturated carbocycles. The van der Waals surface area contributed by atoms with Gasteiger partial charge in [0.05, 0.1) is 19.3 Å². The van der Waals surface area contributed by atoms with E-state index in [-0.39, 0.29) is 18.2 Å². The van der Waals surface area contributed by atoms with Gasteiger partial charge in [0.25, 0.3) is 0 Å². The second-order valence-electron chi connectivity index (χ2n) is 9.81. The fourth-order valence-electron chi connectivity index (χ4n) is 5.20. The zero-order valence-corrected chi connectivity index (χ0v) is 18.9. The quantitative estimate of drug-likeness (QED) is 0.713. The summed E-state index contributed by atoms with van der Waals surface area (Å²) in [5.74, 6) is 2.69. The summed E-state index contributed by atoms with van der Waals surface area (Å²) in [5.41, 5.74) is 3.04. The first-order valence-electron chi connectivity index (χ1n) is 12.3. The zero-order valence-electron chi connectivity index (χ0n) is 18.9. The van der Waals surface area contributed by atoms with E-state index < -0.39 is 0 Å². The second-order valence-corrected chi connectivity index (χ2v) is 9.81. The number of aromatic nitrogens is 1. The molecule has 7 heteroatoms. The van der Waals surface area contributed by atoms with Crippen LogP contribution in [-0.4, -0.2) is 54.9 Å². The van der Waals surface area contributed by atoms with Gasteiger partial charge in [-0.15, -0.1) is 0 Å². The maximum atomic E-state index is 12.7. The smallest absolute Gasteiger partial charge is 0.407 e. The molecular formula is C26H31N3O4. The van der Waals surface area contributed by atoms with Crippen molar-refractivity contribution >= 4 is 6.09 Å². The van der Waals surface area contributed by atoms with Gasteiger partial charge in [0.1, 0.15) is 11.9 Å². The monoisotopic (exact) mass is 449 g/mol. The minimum atomic E-state index is -0.318. The number of piperidine rings is 3. The van der Waals surface area contributed by atoms with Gasteiger partial charge in [-0.05, 0) is 68.3 Å². The Morgan fingerprint density at radius 2 is 1.94 bits per heavy atom.